The molecule has 18 heavy (non-hydrogen) atoms. The van der Waals surface area contributed by atoms with Gasteiger partial charge in [0, 0.05) is 0 Å². The van der Waals surface area contributed by atoms with Gasteiger partial charge in [-0.15, -0.1) is 0 Å². The molecule has 1 aromatic carbocycles. The molecule has 0 atom stereocenters. The molecule has 1 aliphatic rings. The number of benzene rings is 1. The molecular formula is C14H16ClFO2. The number of carbonyl (C=O) groups is 1. The molecule has 1 saturated carbocycles. The second-order valence-electron chi connectivity index (χ2n) is 4.88. The van der Waals surface area contributed by atoms with Crippen LogP contribution in [0.3, 0.4) is 0 Å². The van der Waals surface area contributed by atoms with Crippen molar-refractivity contribution in [3.63, 3.8) is 0 Å². The molecule has 0 heterocycles. The van der Waals surface area contributed by atoms with Gasteiger partial charge in [0.2, 0.25) is 0 Å². The molecule has 0 radical (unpaired) electrons. The second kappa shape index (κ2) is 4.88. The third kappa shape index (κ3) is 2.01. The summed E-state index contributed by atoms with van der Waals surface area (Å²) in [4.78, 5) is 11.6. The average Bonchev–Trinajstić information content (AvgIpc) is 2.83. The van der Waals surface area contributed by atoms with Gasteiger partial charge in [0.05, 0.1) is 10.4 Å². The van der Waals surface area contributed by atoms with E-state index in [1.54, 1.807) is 6.07 Å². The highest BCUT2D eigenvalue weighted by Gasteiger charge is 2.43. The van der Waals surface area contributed by atoms with Crippen LogP contribution in [0.5, 0.6) is 0 Å². The van der Waals surface area contributed by atoms with E-state index in [0.717, 1.165) is 12.8 Å². The maximum atomic E-state index is 13.7. The van der Waals surface area contributed by atoms with Gasteiger partial charge in [-0.05, 0) is 36.5 Å². The Morgan fingerprint density at radius 1 is 1.44 bits per heavy atom. The molecule has 1 N–H and O–H groups in total. The van der Waals surface area contributed by atoms with Gasteiger partial charge in [0.1, 0.15) is 5.82 Å². The molecule has 4 heteroatoms. The molecule has 2 nitrogen and oxygen atoms in total. The van der Waals surface area contributed by atoms with Gasteiger partial charge in [0.25, 0.3) is 0 Å². The zero-order chi connectivity index (χ0) is 13.3. The summed E-state index contributed by atoms with van der Waals surface area (Å²) in [6, 6.07) is 3.15. The van der Waals surface area contributed by atoms with E-state index in [2.05, 4.69) is 0 Å². The standard InChI is InChI=1S/C14H16ClFO2/c1-2-9-7-10(8-11(15)12(9)16)14(13(17)18)5-3-4-6-14/h7-8H,2-6H2,1H3,(H,17,18). The molecule has 1 aromatic rings. The van der Waals surface area contributed by atoms with E-state index in [9.17, 15) is 14.3 Å². The number of carboxylic acids is 1. The van der Waals surface area contributed by atoms with Gasteiger partial charge in [-0.3, -0.25) is 4.79 Å². The van der Waals surface area contributed by atoms with Crippen LogP contribution in [-0.2, 0) is 16.6 Å². The number of carboxylic acid groups (broad SMARTS) is 1. The Hall–Kier alpha value is -1.09. The summed E-state index contributed by atoms with van der Waals surface area (Å²) < 4.78 is 13.7. The molecule has 0 unspecified atom stereocenters. The quantitative estimate of drug-likeness (QED) is 0.903. The van der Waals surface area contributed by atoms with Gasteiger partial charge in [0.15, 0.2) is 0 Å². The third-order valence-corrected chi connectivity index (χ3v) is 4.18. The lowest BCUT2D eigenvalue weighted by Crippen LogP contribution is -2.32. The lowest BCUT2D eigenvalue weighted by molar-refractivity contribution is -0.143. The normalized spacial score (nSPS) is 17.9. The van der Waals surface area contributed by atoms with Crippen molar-refractivity contribution in [1.29, 1.82) is 0 Å². The number of hydrogen-bond donors (Lipinski definition) is 1. The summed E-state index contributed by atoms with van der Waals surface area (Å²) in [5, 5.41) is 9.53. The number of rotatable bonds is 3. The fourth-order valence-electron chi connectivity index (χ4n) is 2.78. The topological polar surface area (TPSA) is 37.3 Å². The van der Waals surface area contributed by atoms with Crippen LogP contribution in [0.1, 0.15) is 43.7 Å². The largest absolute Gasteiger partial charge is 0.481 e. The predicted octanol–water partition coefficient (Wildman–Crippen LogP) is 3.94. The number of aliphatic carboxylic acids is 1. The summed E-state index contributed by atoms with van der Waals surface area (Å²) in [5.74, 6) is -1.26. The minimum absolute atomic E-state index is 0.0249. The Bertz CT molecular complexity index is 479. The van der Waals surface area contributed by atoms with Gasteiger partial charge in [-0.25, -0.2) is 4.39 Å². The van der Waals surface area contributed by atoms with E-state index in [0.29, 0.717) is 30.4 Å². The van der Waals surface area contributed by atoms with E-state index in [-0.39, 0.29) is 5.02 Å². The first-order chi connectivity index (χ1) is 8.51. The fourth-order valence-corrected chi connectivity index (χ4v) is 3.02. The summed E-state index contributed by atoms with van der Waals surface area (Å²) in [6.07, 6.45) is 3.50. The number of halogens is 2. The maximum absolute atomic E-state index is 13.7. The van der Waals surface area contributed by atoms with Crippen LogP contribution < -0.4 is 0 Å². The molecule has 98 valence electrons. The summed E-state index contributed by atoms with van der Waals surface area (Å²) in [5.41, 5.74) is 0.266. The molecule has 0 bridgehead atoms. The summed E-state index contributed by atoms with van der Waals surface area (Å²) >= 11 is 5.87. The molecule has 0 aromatic heterocycles. The van der Waals surface area contributed by atoms with Crippen molar-refractivity contribution in [2.75, 3.05) is 0 Å². The first-order valence-electron chi connectivity index (χ1n) is 6.23. The van der Waals surface area contributed by atoms with E-state index in [1.807, 2.05) is 6.92 Å². The Labute approximate surface area is 111 Å². The smallest absolute Gasteiger partial charge is 0.314 e. The lowest BCUT2D eigenvalue weighted by atomic mass is 9.78. The fraction of sp³-hybridized carbons (Fsp3) is 0.500. The minimum atomic E-state index is -0.874. The average molecular weight is 271 g/mol. The molecular weight excluding hydrogens is 255 g/mol. The van der Waals surface area contributed by atoms with Crippen LogP contribution in [-0.4, -0.2) is 11.1 Å². The molecule has 2 rings (SSSR count). The van der Waals surface area contributed by atoms with Crippen LogP contribution >= 0.6 is 11.6 Å². The van der Waals surface area contributed by atoms with Crippen LogP contribution in [0, 0.1) is 5.82 Å². The second-order valence-corrected chi connectivity index (χ2v) is 5.29. The van der Waals surface area contributed by atoms with E-state index >= 15 is 0 Å². The SMILES string of the molecule is CCc1cc(C2(C(=O)O)CCCC2)cc(Cl)c1F. The van der Waals surface area contributed by atoms with Crippen molar-refractivity contribution in [1.82, 2.24) is 0 Å². The Balaban J connectivity index is 2.56. The Morgan fingerprint density at radius 3 is 2.56 bits per heavy atom. The molecule has 1 fully saturated rings. The third-order valence-electron chi connectivity index (χ3n) is 3.90. The summed E-state index contributed by atoms with van der Waals surface area (Å²) in [6.45, 7) is 1.83. The molecule has 0 amide bonds. The van der Waals surface area contributed by atoms with Crippen molar-refractivity contribution >= 4 is 17.6 Å². The van der Waals surface area contributed by atoms with Crippen LogP contribution in [0.15, 0.2) is 12.1 Å². The number of aryl methyl sites for hydroxylation is 1. The predicted molar refractivity (Wildman–Crippen MR) is 68.6 cm³/mol. The highest BCUT2D eigenvalue weighted by Crippen LogP contribution is 2.43. The van der Waals surface area contributed by atoms with Gasteiger partial charge in [-0.1, -0.05) is 37.4 Å². The monoisotopic (exact) mass is 270 g/mol. The van der Waals surface area contributed by atoms with Crippen molar-refractivity contribution in [2.45, 2.75) is 44.4 Å². The van der Waals surface area contributed by atoms with E-state index in [1.165, 1.54) is 6.07 Å². The Morgan fingerprint density at radius 2 is 2.06 bits per heavy atom. The summed E-state index contributed by atoms with van der Waals surface area (Å²) in [7, 11) is 0. The Kier molecular flexibility index (Phi) is 3.62. The van der Waals surface area contributed by atoms with Crippen LogP contribution in [0.25, 0.3) is 0 Å². The van der Waals surface area contributed by atoms with E-state index < -0.39 is 17.2 Å². The van der Waals surface area contributed by atoms with Crippen molar-refractivity contribution in [3.8, 4) is 0 Å². The van der Waals surface area contributed by atoms with Crippen molar-refractivity contribution in [2.24, 2.45) is 0 Å². The molecule has 0 aliphatic heterocycles. The van der Waals surface area contributed by atoms with Gasteiger partial charge >= 0.3 is 5.97 Å². The van der Waals surface area contributed by atoms with Crippen LogP contribution in [0.2, 0.25) is 5.02 Å². The maximum Gasteiger partial charge on any atom is 0.314 e. The van der Waals surface area contributed by atoms with Crippen molar-refractivity contribution in [3.05, 3.63) is 34.1 Å². The lowest BCUT2D eigenvalue weighted by Gasteiger charge is -2.25. The zero-order valence-corrected chi connectivity index (χ0v) is 11.1. The number of hydrogen-bond acceptors (Lipinski definition) is 1. The minimum Gasteiger partial charge on any atom is -0.481 e. The highest BCUT2D eigenvalue weighted by atomic mass is 35.5. The van der Waals surface area contributed by atoms with Gasteiger partial charge < -0.3 is 5.11 Å². The highest BCUT2D eigenvalue weighted by molar-refractivity contribution is 6.30. The van der Waals surface area contributed by atoms with Gasteiger partial charge in [-0.2, -0.15) is 0 Å². The van der Waals surface area contributed by atoms with Crippen molar-refractivity contribution < 1.29 is 14.3 Å². The molecule has 1 aliphatic carbocycles. The van der Waals surface area contributed by atoms with Crippen LogP contribution in [0.4, 0.5) is 4.39 Å². The molecule has 0 saturated heterocycles. The zero-order valence-electron chi connectivity index (χ0n) is 10.3. The first kappa shape index (κ1) is 13.3. The molecule has 0 spiro atoms. The van der Waals surface area contributed by atoms with E-state index in [4.69, 9.17) is 11.6 Å². The first-order valence-corrected chi connectivity index (χ1v) is 6.61.